The van der Waals surface area contributed by atoms with Crippen LogP contribution in [0.2, 0.25) is 0 Å². The molecular formula is C20H30N4O. The van der Waals surface area contributed by atoms with Gasteiger partial charge in [0, 0.05) is 39.3 Å². The number of nitrogens with zero attached hydrogens (tertiary/aromatic N) is 2. The zero-order valence-electron chi connectivity index (χ0n) is 15.0. The van der Waals surface area contributed by atoms with Crippen molar-refractivity contribution >= 4 is 5.91 Å². The number of hydrogen-bond acceptors (Lipinski definition) is 4. The molecule has 3 saturated heterocycles. The Morgan fingerprint density at radius 2 is 1.80 bits per heavy atom. The first-order valence-electron chi connectivity index (χ1n) is 9.73. The molecule has 0 aromatic heterocycles. The van der Waals surface area contributed by atoms with Gasteiger partial charge in [-0.05, 0) is 43.3 Å². The van der Waals surface area contributed by atoms with Gasteiger partial charge in [0.1, 0.15) is 0 Å². The Balaban J connectivity index is 1.27. The number of carbonyl (C=O) groups is 1. The van der Waals surface area contributed by atoms with E-state index >= 15 is 0 Å². The minimum absolute atomic E-state index is 0.0405. The summed E-state index contributed by atoms with van der Waals surface area (Å²) in [7, 11) is 0. The quantitative estimate of drug-likeness (QED) is 0.862. The van der Waals surface area contributed by atoms with Crippen LogP contribution < -0.4 is 10.6 Å². The van der Waals surface area contributed by atoms with Gasteiger partial charge in [-0.2, -0.15) is 0 Å². The molecule has 0 saturated carbocycles. The first kappa shape index (κ1) is 17.0. The predicted molar refractivity (Wildman–Crippen MR) is 99.2 cm³/mol. The Hall–Kier alpha value is -1.43. The number of benzene rings is 1. The third-order valence-corrected chi connectivity index (χ3v) is 6.26. The molecule has 1 amide bonds. The maximum absolute atomic E-state index is 12.9. The Morgan fingerprint density at radius 1 is 1.08 bits per heavy atom. The van der Waals surface area contributed by atoms with Gasteiger partial charge in [-0.25, -0.2) is 0 Å². The maximum atomic E-state index is 12.9. The number of hydrogen-bond donors (Lipinski definition) is 2. The Kier molecular flexibility index (Phi) is 5.06. The molecule has 0 unspecified atom stereocenters. The van der Waals surface area contributed by atoms with Crippen LogP contribution in [-0.2, 0) is 11.3 Å². The first-order valence-corrected chi connectivity index (χ1v) is 9.73. The number of amides is 1. The van der Waals surface area contributed by atoms with Gasteiger partial charge in [0.25, 0.3) is 0 Å². The van der Waals surface area contributed by atoms with Crippen molar-refractivity contribution in [2.45, 2.75) is 31.8 Å². The monoisotopic (exact) mass is 342 g/mol. The van der Waals surface area contributed by atoms with Crippen molar-refractivity contribution < 1.29 is 4.79 Å². The average molecular weight is 342 g/mol. The topological polar surface area (TPSA) is 47.6 Å². The molecule has 0 aliphatic carbocycles. The fourth-order valence-electron chi connectivity index (χ4n) is 4.62. The second kappa shape index (κ2) is 7.44. The Bertz CT molecular complexity index is 577. The second-order valence-electron chi connectivity index (χ2n) is 7.97. The molecule has 3 heterocycles. The van der Waals surface area contributed by atoms with Gasteiger partial charge in [-0.1, -0.05) is 30.3 Å². The highest BCUT2D eigenvalue weighted by Gasteiger charge is 2.43. The van der Waals surface area contributed by atoms with Crippen molar-refractivity contribution in [2.75, 3.05) is 45.8 Å². The lowest BCUT2D eigenvalue weighted by molar-refractivity contribution is -0.135. The number of piperazine rings is 1. The molecule has 3 aliphatic rings. The molecule has 5 nitrogen and oxygen atoms in total. The summed E-state index contributed by atoms with van der Waals surface area (Å²) in [5, 5.41) is 6.97. The average Bonchev–Trinajstić information content (AvgIpc) is 3.06. The fourth-order valence-corrected chi connectivity index (χ4v) is 4.62. The molecule has 3 fully saturated rings. The normalized spacial score (nSPS) is 26.9. The van der Waals surface area contributed by atoms with Crippen LogP contribution in [0.5, 0.6) is 0 Å². The predicted octanol–water partition coefficient (Wildman–Crippen LogP) is 1.06. The van der Waals surface area contributed by atoms with E-state index in [-0.39, 0.29) is 6.04 Å². The zero-order chi connectivity index (χ0) is 17.1. The molecule has 1 aromatic rings. The number of piperidine rings is 1. The third kappa shape index (κ3) is 3.89. The second-order valence-corrected chi connectivity index (χ2v) is 7.97. The van der Waals surface area contributed by atoms with Crippen molar-refractivity contribution in [1.29, 1.82) is 0 Å². The highest BCUT2D eigenvalue weighted by atomic mass is 16.2. The van der Waals surface area contributed by atoms with Crippen LogP contribution in [-0.4, -0.2) is 67.6 Å². The molecule has 0 radical (unpaired) electrons. The smallest absolute Gasteiger partial charge is 0.239 e. The van der Waals surface area contributed by atoms with Gasteiger partial charge in [-0.15, -0.1) is 0 Å². The summed E-state index contributed by atoms with van der Waals surface area (Å²) in [5.74, 6) is 0.328. The van der Waals surface area contributed by atoms with Gasteiger partial charge in [0.2, 0.25) is 5.91 Å². The molecule has 136 valence electrons. The molecule has 0 bridgehead atoms. The highest BCUT2D eigenvalue weighted by molar-refractivity contribution is 5.82. The van der Waals surface area contributed by atoms with Crippen molar-refractivity contribution in [2.24, 2.45) is 5.41 Å². The lowest BCUT2D eigenvalue weighted by Gasteiger charge is -2.36. The van der Waals surface area contributed by atoms with Crippen LogP contribution in [0.3, 0.4) is 0 Å². The lowest BCUT2D eigenvalue weighted by Crippen LogP contribution is -2.52. The van der Waals surface area contributed by atoms with Crippen LogP contribution in [0.4, 0.5) is 0 Å². The molecular weight excluding hydrogens is 312 g/mol. The van der Waals surface area contributed by atoms with E-state index in [2.05, 4.69) is 50.8 Å². The number of carbonyl (C=O) groups excluding carboxylic acids is 1. The van der Waals surface area contributed by atoms with Crippen molar-refractivity contribution in [3.63, 3.8) is 0 Å². The van der Waals surface area contributed by atoms with Gasteiger partial charge >= 0.3 is 0 Å². The molecule has 1 spiro atoms. The molecule has 5 heteroatoms. The van der Waals surface area contributed by atoms with Crippen LogP contribution in [0.15, 0.2) is 30.3 Å². The Labute approximate surface area is 150 Å². The highest BCUT2D eigenvalue weighted by Crippen LogP contribution is 2.37. The van der Waals surface area contributed by atoms with Gasteiger partial charge in [0.05, 0.1) is 6.04 Å². The summed E-state index contributed by atoms with van der Waals surface area (Å²) in [6.45, 7) is 7.86. The van der Waals surface area contributed by atoms with E-state index in [1.807, 2.05) is 0 Å². The van der Waals surface area contributed by atoms with Crippen LogP contribution in [0, 0.1) is 5.41 Å². The molecule has 3 aliphatic heterocycles. The minimum Gasteiger partial charge on any atom is -0.339 e. The summed E-state index contributed by atoms with van der Waals surface area (Å²) in [5.41, 5.74) is 1.72. The summed E-state index contributed by atoms with van der Waals surface area (Å²) in [6.07, 6.45) is 3.43. The molecule has 4 rings (SSSR count). The van der Waals surface area contributed by atoms with E-state index in [1.54, 1.807) is 0 Å². The van der Waals surface area contributed by atoms with E-state index < -0.39 is 0 Å². The Morgan fingerprint density at radius 3 is 2.52 bits per heavy atom. The zero-order valence-corrected chi connectivity index (χ0v) is 15.0. The van der Waals surface area contributed by atoms with Crippen molar-refractivity contribution in [3.8, 4) is 0 Å². The van der Waals surface area contributed by atoms with Gasteiger partial charge in [-0.3, -0.25) is 9.69 Å². The summed E-state index contributed by atoms with van der Waals surface area (Å²) in [4.78, 5) is 17.5. The number of nitrogens with one attached hydrogen (secondary N) is 2. The van der Waals surface area contributed by atoms with Crippen molar-refractivity contribution in [1.82, 2.24) is 20.4 Å². The first-order chi connectivity index (χ1) is 12.2. The molecule has 2 N–H and O–H groups in total. The maximum Gasteiger partial charge on any atom is 0.239 e. The summed E-state index contributed by atoms with van der Waals surface area (Å²) in [6, 6.07) is 10.6. The van der Waals surface area contributed by atoms with E-state index in [9.17, 15) is 4.79 Å². The van der Waals surface area contributed by atoms with Gasteiger partial charge < -0.3 is 15.5 Å². The minimum atomic E-state index is 0.0405. The van der Waals surface area contributed by atoms with E-state index in [1.165, 1.54) is 18.4 Å². The standard InChI is InChI=1S/C20H30N4O/c25-19(18-14-20(16-22-18)6-8-21-9-7-20)24-12-10-23(11-13-24)15-17-4-2-1-3-5-17/h1-5,18,21-22H,6-16H2/t18-/m0/s1. The number of rotatable bonds is 3. The third-order valence-electron chi connectivity index (χ3n) is 6.26. The fraction of sp³-hybridized carbons (Fsp3) is 0.650. The van der Waals surface area contributed by atoms with E-state index in [4.69, 9.17) is 0 Å². The van der Waals surface area contributed by atoms with Crippen LogP contribution in [0.1, 0.15) is 24.8 Å². The SMILES string of the molecule is O=C([C@@H]1CC2(CCNCC2)CN1)N1CCN(Cc2ccccc2)CC1. The molecule has 1 atom stereocenters. The van der Waals surface area contributed by atoms with Gasteiger partial charge in [0.15, 0.2) is 0 Å². The van der Waals surface area contributed by atoms with Crippen LogP contribution in [0.25, 0.3) is 0 Å². The molecule has 25 heavy (non-hydrogen) atoms. The molecule has 1 aromatic carbocycles. The largest absolute Gasteiger partial charge is 0.339 e. The summed E-state index contributed by atoms with van der Waals surface area (Å²) < 4.78 is 0. The van der Waals surface area contributed by atoms with Crippen LogP contribution >= 0.6 is 0 Å². The lowest BCUT2D eigenvalue weighted by atomic mass is 9.77. The van der Waals surface area contributed by atoms with E-state index in [0.29, 0.717) is 11.3 Å². The van der Waals surface area contributed by atoms with Crippen molar-refractivity contribution in [3.05, 3.63) is 35.9 Å². The van der Waals surface area contributed by atoms with E-state index in [0.717, 1.165) is 58.8 Å². The summed E-state index contributed by atoms with van der Waals surface area (Å²) >= 11 is 0.